The predicted molar refractivity (Wildman–Crippen MR) is 207 cm³/mol. The molecule has 1 heterocycles. The monoisotopic (exact) mass is 676 g/mol. The molecule has 3 saturated carbocycles. The highest BCUT2D eigenvalue weighted by Gasteiger charge is 2.59. The Hall–Kier alpha value is -1.86. The molecular formula is C41H55Cl2N2P. The fraction of sp³-hybridized carbons (Fsp3) is 0.537. The quantitative estimate of drug-likeness (QED) is 0.222. The Labute approximate surface area is 289 Å². The lowest BCUT2D eigenvalue weighted by Gasteiger charge is -2.50. The summed E-state index contributed by atoms with van der Waals surface area (Å²) in [5.41, 5.74) is 14.2. The van der Waals surface area contributed by atoms with Crippen LogP contribution in [0.3, 0.4) is 0 Å². The maximum Gasteiger partial charge on any atom is 0.124 e. The van der Waals surface area contributed by atoms with Gasteiger partial charge in [0.05, 0.1) is 21.4 Å². The molecule has 46 heavy (non-hydrogen) atoms. The molecule has 0 amide bonds. The smallest absolute Gasteiger partial charge is 0.124 e. The van der Waals surface area contributed by atoms with Crippen LogP contribution in [0.15, 0.2) is 59.7 Å². The van der Waals surface area contributed by atoms with Gasteiger partial charge in [-0.3, -0.25) is 0 Å². The average Bonchev–Trinajstić information content (AvgIpc) is 3.79. The summed E-state index contributed by atoms with van der Waals surface area (Å²) in [6.07, 6.45) is 19.4. The van der Waals surface area contributed by atoms with E-state index in [0.29, 0.717) is 11.3 Å². The van der Waals surface area contributed by atoms with E-state index >= 15 is 0 Å². The molecule has 2 aromatic carbocycles. The van der Waals surface area contributed by atoms with Crippen molar-refractivity contribution >= 4 is 47.3 Å². The molecule has 0 bridgehead atoms. The molecule has 0 N–H and O–H groups in total. The topological polar surface area (TPSA) is 6.48 Å². The van der Waals surface area contributed by atoms with E-state index in [1.54, 1.807) is 0 Å². The highest BCUT2D eigenvalue weighted by molar-refractivity contribution is 7.79. The maximum atomic E-state index is 8.66. The third-order valence-electron chi connectivity index (χ3n) is 11.4. The number of rotatable bonds is 6. The SMILES string of the molecule is CC(C)=CC=P(C1CCCC1)(C1CCCC1)C1(Cl)CCC(Cl)C1=C1N(c2c(C)cc(C)cc2C)C=CN1c1c(C)cc(C)cc1C. The number of alkyl halides is 2. The molecule has 2 atom stereocenters. The lowest BCUT2D eigenvalue weighted by Crippen LogP contribution is -2.38. The van der Waals surface area contributed by atoms with Crippen molar-refractivity contribution < 1.29 is 0 Å². The highest BCUT2D eigenvalue weighted by atomic mass is 35.5. The van der Waals surface area contributed by atoms with Crippen LogP contribution >= 0.6 is 30.1 Å². The molecular weight excluding hydrogens is 622 g/mol. The summed E-state index contributed by atoms with van der Waals surface area (Å²) < 4.78 is -0.480. The van der Waals surface area contributed by atoms with Gasteiger partial charge in [0.1, 0.15) is 5.82 Å². The van der Waals surface area contributed by atoms with Crippen molar-refractivity contribution in [3.8, 4) is 0 Å². The van der Waals surface area contributed by atoms with Crippen LogP contribution in [0.4, 0.5) is 11.4 Å². The molecule has 3 aliphatic carbocycles. The first-order valence-corrected chi connectivity index (χ1v) is 20.6. The van der Waals surface area contributed by atoms with E-state index in [-0.39, 0.29) is 5.38 Å². The van der Waals surface area contributed by atoms with Crippen LogP contribution in [0.5, 0.6) is 0 Å². The highest BCUT2D eigenvalue weighted by Crippen LogP contribution is 2.79. The number of nitrogens with zero attached hydrogens (tertiary/aromatic N) is 2. The van der Waals surface area contributed by atoms with Crippen molar-refractivity contribution in [1.82, 2.24) is 0 Å². The van der Waals surface area contributed by atoms with Crippen LogP contribution in [0, 0.1) is 41.5 Å². The van der Waals surface area contributed by atoms with Crippen molar-refractivity contribution in [2.75, 3.05) is 9.80 Å². The van der Waals surface area contributed by atoms with E-state index < -0.39 is 11.5 Å². The Kier molecular flexibility index (Phi) is 9.77. The molecule has 4 aliphatic rings. The van der Waals surface area contributed by atoms with Gasteiger partial charge in [-0.05, 0) is 127 Å². The molecule has 2 unspecified atom stereocenters. The molecule has 0 spiro atoms. The van der Waals surface area contributed by atoms with Gasteiger partial charge >= 0.3 is 0 Å². The summed E-state index contributed by atoms with van der Waals surface area (Å²) in [6, 6.07) is 9.28. The van der Waals surface area contributed by atoms with Gasteiger partial charge in [0, 0.05) is 18.0 Å². The Balaban J connectivity index is 1.71. The second kappa shape index (κ2) is 13.2. The number of halogens is 2. The molecule has 3 fully saturated rings. The summed E-state index contributed by atoms with van der Waals surface area (Å²) >= 11 is 16.4. The summed E-state index contributed by atoms with van der Waals surface area (Å²) in [6.45, 7) is 16.0. The minimum atomic E-state index is -1.91. The lowest BCUT2D eigenvalue weighted by atomic mass is 10.0. The number of hydrogen-bond acceptors (Lipinski definition) is 2. The number of aryl methyl sites for hydroxylation is 6. The zero-order valence-electron chi connectivity index (χ0n) is 29.5. The van der Waals surface area contributed by atoms with E-state index in [2.05, 4.69) is 114 Å². The van der Waals surface area contributed by atoms with E-state index in [1.807, 2.05) is 0 Å². The van der Waals surface area contributed by atoms with Crippen LogP contribution in [0.2, 0.25) is 0 Å². The number of benzene rings is 2. The van der Waals surface area contributed by atoms with Gasteiger partial charge in [-0.1, -0.05) is 85.4 Å². The number of anilines is 2. The van der Waals surface area contributed by atoms with E-state index in [4.69, 9.17) is 23.2 Å². The van der Waals surface area contributed by atoms with Gasteiger partial charge in [-0.25, -0.2) is 0 Å². The van der Waals surface area contributed by atoms with Gasteiger partial charge in [-0.15, -0.1) is 23.2 Å². The standard InChI is InChI=1S/C41H55Cl2N2P/c1-27(2)18-22-46(34-13-9-10-14-34,35-15-11-12-16-35)41(43)19-17-36(42)37(41)40-44(38-30(5)23-28(3)24-31(38)6)20-21-45(40)39-32(7)25-29(4)26-33(39)8/h18,20-26,34-36H,9-17,19H2,1-8H3. The second-order valence-corrected chi connectivity index (χ2v) is 20.8. The van der Waals surface area contributed by atoms with Crippen LogP contribution in [0.25, 0.3) is 0 Å². The average molecular weight is 678 g/mol. The van der Waals surface area contributed by atoms with Gasteiger partial charge in [0.15, 0.2) is 0 Å². The van der Waals surface area contributed by atoms with Crippen molar-refractivity contribution in [1.29, 1.82) is 0 Å². The molecule has 0 saturated heterocycles. The van der Waals surface area contributed by atoms with Gasteiger partial charge in [0.25, 0.3) is 0 Å². The van der Waals surface area contributed by atoms with E-state index in [1.165, 1.54) is 113 Å². The van der Waals surface area contributed by atoms with Crippen LogP contribution < -0.4 is 9.80 Å². The van der Waals surface area contributed by atoms with Gasteiger partial charge in [0.2, 0.25) is 0 Å². The molecule has 1 aliphatic heterocycles. The first kappa shape index (κ1) is 34.0. The Morgan fingerprint density at radius 2 is 1.13 bits per heavy atom. The Bertz CT molecular complexity index is 1510. The third kappa shape index (κ3) is 5.67. The summed E-state index contributed by atoms with van der Waals surface area (Å²) in [7, 11) is 0. The summed E-state index contributed by atoms with van der Waals surface area (Å²) in [5.74, 6) is 3.92. The Morgan fingerprint density at radius 3 is 1.52 bits per heavy atom. The number of allylic oxidation sites excluding steroid dienone is 3. The fourth-order valence-corrected chi connectivity index (χ4v) is 18.3. The summed E-state index contributed by atoms with van der Waals surface area (Å²) in [5, 5.41) is -0.114. The normalized spacial score (nSPS) is 24.2. The predicted octanol–water partition coefficient (Wildman–Crippen LogP) is 12.6. The fourth-order valence-electron chi connectivity index (χ4n) is 9.84. The molecule has 248 valence electrons. The Morgan fingerprint density at radius 1 is 0.717 bits per heavy atom. The largest absolute Gasteiger partial charge is 0.301 e. The molecule has 2 nitrogen and oxygen atoms in total. The number of hydrogen-bond donors (Lipinski definition) is 0. The van der Waals surface area contributed by atoms with Crippen molar-refractivity contribution in [3.05, 3.63) is 93.1 Å². The van der Waals surface area contributed by atoms with Crippen molar-refractivity contribution in [3.63, 3.8) is 0 Å². The molecule has 5 heteroatoms. The van der Waals surface area contributed by atoms with E-state index in [9.17, 15) is 0 Å². The molecule has 0 aromatic heterocycles. The van der Waals surface area contributed by atoms with Crippen LogP contribution in [-0.4, -0.2) is 27.1 Å². The second-order valence-electron chi connectivity index (χ2n) is 15.1. The van der Waals surface area contributed by atoms with Gasteiger partial charge < -0.3 is 9.80 Å². The summed E-state index contributed by atoms with van der Waals surface area (Å²) in [4.78, 5) is 4.93. The van der Waals surface area contributed by atoms with Crippen LogP contribution in [0.1, 0.15) is 111 Å². The zero-order chi connectivity index (χ0) is 33.0. The third-order valence-corrected chi connectivity index (χ3v) is 18.9. The van der Waals surface area contributed by atoms with Crippen molar-refractivity contribution in [2.24, 2.45) is 0 Å². The zero-order valence-corrected chi connectivity index (χ0v) is 31.9. The lowest BCUT2D eigenvalue weighted by molar-refractivity contribution is 0.766. The molecule has 0 radical (unpaired) electrons. The molecule has 2 aromatic rings. The first-order valence-electron chi connectivity index (χ1n) is 17.8. The van der Waals surface area contributed by atoms with Gasteiger partial charge in [-0.2, -0.15) is 0 Å². The first-order chi connectivity index (χ1) is 21.9. The maximum absolute atomic E-state index is 8.66. The minimum absolute atomic E-state index is 0.114. The van der Waals surface area contributed by atoms with Crippen LogP contribution in [-0.2, 0) is 0 Å². The minimum Gasteiger partial charge on any atom is -0.301 e. The molecule has 6 rings (SSSR count). The van der Waals surface area contributed by atoms with Crippen molar-refractivity contribution in [2.45, 2.75) is 141 Å². The van der Waals surface area contributed by atoms with E-state index in [0.717, 1.165) is 12.8 Å².